The number of nitrogens with one attached hydrogen (secondary N) is 1. The Labute approximate surface area is 149 Å². The van der Waals surface area contributed by atoms with Gasteiger partial charge in [0.1, 0.15) is 0 Å². The second kappa shape index (κ2) is 6.79. The number of rotatable bonds is 4. The van der Waals surface area contributed by atoms with Gasteiger partial charge in [0.15, 0.2) is 11.5 Å². The Morgan fingerprint density at radius 2 is 1.88 bits per heavy atom. The van der Waals surface area contributed by atoms with E-state index in [-0.39, 0.29) is 17.9 Å². The standard InChI is InChI=1S/C21H25NO3/c1-12(2)25-21-16(7-6-8-18(21)24-5)17-11-19(23)22-20-14(4)13(3)9-10-15(17)20/h6-10,12,17H,11H2,1-5H3,(H,22,23)/t17-/m1/s1. The zero-order valence-corrected chi connectivity index (χ0v) is 15.5. The van der Waals surface area contributed by atoms with Gasteiger partial charge in [0.05, 0.1) is 13.2 Å². The van der Waals surface area contributed by atoms with Gasteiger partial charge in [0.25, 0.3) is 0 Å². The quantitative estimate of drug-likeness (QED) is 0.887. The molecule has 2 aromatic carbocycles. The van der Waals surface area contributed by atoms with Crippen molar-refractivity contribution in [2.45, 2.75) is 46.1 Å². The molecular weight excluding hydrogens is 314 g/mol. The highest BCUT2D eigenvalue weighted by Gasteiger charge is 2.31. The summed E-state index contributed by atoms with van der Waals surface area (Å²) in [5, 5.41) is 3.05. The van der Waals surface area contributed by atoms with Crippen LogP contribution in [0.25, 0.3) is 0 Å². The van der Waals surface area contributed by atoms with Crippen LogP contribution in [0.15, 0.2) is 30.3 Å². The third-order valence-electron chi connectivity index (χ3n) is 4.76. The van der Waals surface area contributed by atoms with Gasteiger partial charge in [-0.2, -0.15) is 0 Å². The first kappa shape index (κ1) is 17.3. The second-order valence-corrected chi connectivity index (χ2v) is 6.82. The maximum absolute atomic E-state index is 12.4. The van der Waals surface area contributed by atoms with E-state index in [1.807, 2.05) is 39.0 Å². The monoisotopic (exact) mass is 339 g/mol. The molecule has 2 aromatic rings. The van der Waals surface area contributed by atoms with Crippen LogP contribution in [-0.2, 0) is 4.79 Å². The topological polar surface area (TPSA) is 47.6 Å². The number of carbonyl (C=O) groups is 1. The summed E-state index contributed by atoms with van der Waals surface area (Å²) < 4.78 is 11.6. The van der Waals surface area contributed by atoms with E-state index in [1.165, 1.54) is 5.56 Å². The minimum Gasteiger partial charge on any atom is -0.493 e. The van der Waals surface area contributed by atoms with Crippen LogP contribution in [-0.4, -0.2) is 19.1 Å². The number of benzene rings is 2. The van der Waals surface area contributed by atoms with E-state index in [0.717, 1.165) is 28.1 Å². The van der Waals surface area contributed by atoms with E-state index in [1.54, 1.807) is 7.11 Å². The Balaban J connectivity index is 2.18. The van der Waals surface area contributed by atoms with Crippen LogP contribution in [0.4, 0.5) is 5.69 Å². The lowest BCUT2D eigenvalue weighted by Crippen LogP contribution is -2.25. The van der Waals surface area contributed by atoms with Crippen molar-refractivity contribution in [2.75, 3.05) is 12.4 Å². The molecule has 1 aliphatic rings. The normalized spacial score (nSPS) is 16.4. The molecule has 0 aliphatic carbocycles. The van der Waals surface area contributed by atoms with Crippen LogP contribution >= 0.6 is 0 Å². The van der Waals surface area contributed by atoms with Crippen molar-refractivity contribution in [1.29, 1.82) is 0 Å². The molecule has 1 aliphatic heterocycles. The number of methoxy groups -OCH3 is 1. The molecule has 0 aromatic heterocycles. The summed E-state index contributed by atoms with van der Waals surface area (Å²) in [7, 11) is 1.64. The highest BCUT2D eigenvalue weighted by Crippen LogP contribution is 2.45. The van der Waals surface area contributed by atoms with Gasteiger partial charge >= 0.3 is 0 Å². The van der Waals surface area contributed by atoms with Crippen LogP contribution in [0.3, 0.4) is 0 Å². The van der Waals surface area contributed by atoms with Crippen molar-refractivity contribution in [2.24, 2.45) is 0 Å². The lowest BCUT2D eigenvalue weighted by molar-refractivity contribution is -0.116. The van der Waals surface area contributed by atoms with Gasteiger partial charge in [0, 0.05) is 23.6 Å². The van der Waals surface area contributed by atoms with Gasteiger partial charge < -0.3 is 14.8 Å². The number of hydrogen-bond donors (Lipinski definition) is 1. The van der Waals surface area contributed by atoms with Crippen molar-refractivity contribution in [3.05, 3.63) is 52.6 Å². The summed E-state index contributed by atoms with van der Waals surface area (Å²) in [6, 6.07) is 10.1. The average molecular weight is 339 g/mol. The number of ether oxygens (including phenoxy) is 2. The Hall–Kier alpha value is -2.49. The lowest BCUT2D eigenvalue weighted by Gasteiger charge is -2.30. The smallest absolute Gasteiger partial charge is 0.225 e. The molecule has 0 unspecified atom stereocenters. The molecule has 0 spiro atoms. The molecule has 4 nitrogen and oxygen atoms in total. The van der Waals surface area contributed by atoms with Crippen LogP contribution in [0.1, 0.15) is 48.4 Å². The molecule has 0 fully saturated rings. The maximum Gasteiger partial charge on any atom is 0.225 e. The molecule has 132 valence electrons. The summed E-state index contributed by atoms with van der Waals surface area (Å²) in [5.74, 6) is 1.41. The number of para-hydroxylation sites is 1. The average Bonchev–Trinajstić information content (AvgIpc) is 2.57. The lowest BCUT2D eigenvalue weighted by atomic mass is 9.82. The molecule has 0 bridgehead atoms. The SMILES string of the molecule is COc1cccc([C@@H]2CC(=O)Nc3c2ccc(C)c3C)c1OC(C)C. The van der Waals surface area contributed by atoms with Crippen LogP contribution in [0, 0.1) is 13.8 Å². The largest absolute Gasteiger partial charge is 0.493 e. The van der Waals surface area contributed by atoms with Gasteiger partial charge in [-0.1, -0.05) is 24.3 Å². The second-order valence-electron chi connectivity index (χ2n) is 6.82. The van der Waals surface area contributed by atoms with E-state index < -0.39 is 0 Å². The van der Waals surface area contributed by atoms with Crippen molar-refractivity contribution >= 4 is 11.6 Å². The molecule has 0 radical (unpaired) electrons. The van der Waals surface area contributed by atoms with Crippen LogP contribution < -0.4 is 14.8 Å². The number of carbonyl (C=O) groups excluding carboxylic acids is 1. The molecular formula is C21H25NO3. The maximum atomic E-state index is 12.4. The summed E-state index contributed by atoms with van der Waals surface area (Å²) in [4.78, 5) is 12.4. The summed E-state index contributed by atoms with van der Waals surface area (Å²) in [6.07, 6.45) is 0.420. The summed E-state index contributed by atoms with van der Waals surface area (Å²) in [6.45, 7) is 8.09. The highest BCUT2D eigenvalue weighted by molar-refractivity contribution is 5.96. The van der Waals surface area contributed by atoms with E-state index in [4.69, 9.17) is 9.47 Å². The molecule has 25 heavy (non-hydrogen) atoms. The number of amides is 1. The zero-order valence-electron chi connectivity index (χ0n) is 15.5. The highest BCUT2D eigenvalue weighted by atomic mass is 16.5. The van der Waals surface area contributed by atoms with Gasteiger partial charge in [-0.05, 0) is 50.5 Å². The minimum atomic E-state index is -0.0492. The fourth-order valence-electron chi connectivity index (χ4n) is 3.39. The fourth-order valence-corrected chi connectivity index (χ4v) is 3.39. The third-order valence-corrected chi connectivity index (χ3v) is 4.76. The molecule has 0 saturated carbocycles. The fraction of sp³-hybridized carbons (Fsp3) is 0.381. The first-order chi connectivity index (χ1) is 11.9. The molecule has 4 heteroatoms. The zero-order chi connectivity index (χ0) is 18.1. The number of fused-ring (bicyclic) bond motifs is 1. The summed E-state index contributed by atoms with van der Waals surface area (Å²) in [5.41, 5.74) is 5.34. The van der Waals surface area contributed by atoms with Crippen LogP contribution in [0.5, 0.6) is 11.5 Å². The van der Waals surface area contributed by atoms with E-state index >= 15 is 0 Å². The van der Waals surface area contributed by atoms with Crippen molar-refractivity contribution in [1.82, 2.24) is 0 Å². The van der Waals surface area contributed by atoms with Gasteiger partial charge in [0.2, 0.25) is 5.91 Å². The Morgan fingerprint density at radius 3 is 2.56 bits per heavy atom. The molecule has 0 saturated heterocycles. The number of aryl methyl sites for hydroxylation is 1. The van der Waals surface area contributed by atoms with Gasteiger partial charge in [-0.3, -0.25) is 4.79 Å². The molecule has 1 atom stereocenters. The molecule has 3 rings (SSSR count). The Kier molecular flexibility index (Phi) is 4.71. The molecule has 1 heterocycles. The third kappa shape index (κ3) is 3.21. The van der Waals surface area contributed by atoms with E-state index in [2.05, 4.69) is 24.4 Å². The van der Waals surface area contributed by atoms with E-state index in [9.17, 15) is 4.79 Å². The number of anilines is 1. The van der Waals surface area contributed by atoms with Crippen molar-refractivity contribution in [3.8, 4) is 11.5 Å². The van der Waals surface area contributed by atoms with Gasteiger partial charge in [-0.25, -0.2) is 0 Å². The Bertz CT molecular complexity index is 811. The minimum absolute atomic E-state index is 0.0201. The van der Waals surface area contributed by atoms with Gasteiger partial charge in [-0.15, -0.1) is 0 Å². The summed E-state index contributed by atoms with van der Waals surface area (Å²) >= 11 is 0. The van der Waals surface area contributed by atoms with Crippen molar-refractivity contribution < 1.29 is 14.3 Å². The first-order valence-electron chi connectivity index (χ1n) is 8.65. The molecule has 1 amide bonds. The first-order valence-corrected chi connectivity index (χ1v) is 8.65. The predicted molar refractivity (Wildman–Crippen MR) is 99.8 cm³/mol. The Morgan fingerprint density at radius 1 is 1.12 bits per heavy atom. The van der Waals surface area contributed by atoms with E-state index in [0.29, 0.717) is 12.2 Å². The van der Waals surface area contributed by atoms with Crippen LogP contribution in [0.2, 0.25) is 0 Å². The van der Waals surface area contributed by atoms with Crippen molar-refractivity contribution in [3.63, 3.8) is 0 Å². The number of hydrogen-bond acceptors (Lipinski definition) is 3. The predicted octanol–water partition coefficient (Wildman–Crippen LogP) is 4.57. The molecule has 1 N–H and O–H groups in total.